The first-order valence-corrected chi connectivity index (χ1v) is 8.97. The zero-order valence-corrected chi connectivity index (χ0v) is 15.0. The Balaban J connectivity index is 1.72. The van der Waals surface area contributed by atoms with Gasteiger partial charge in [-0.25, -0.2) is 0 Å². The van der Waals surface area contributed by atoms with E-state index in [4.69, 9.17) is 4.74 Å². The Morgan fingerprint density at radius 1 is 1.43 bits per heavy atom. The number of carbonyl (C=O) groups is 1. The van der Waals surface area contributed by atoms with E-state index in [0.717, 1.165) is 29.3 Å². The van der Waals surface area contributed by atoms with Gasteiger partial charge in [0.05, 0.1) is 10.0 Å². The third-order valence-electron chi connectivity index (χ3n) is 3.78. The molecule has 1 aromatic carbocycles. The minimum atomic E-state index is -0.655. The molecule has 1 amide bonds. The van der Waals surface area contributed by atoms with Crippen molar-refractivity contribution >= 4 is 38.2 Å². The van der Waals surface area contributed by atoms with Crippen LogP contribution in [0.3, 0.4) is 0 Å². The molecule has 4 nitrogen and oxygen atoms in total. The van der Waals surface area contributed by atoms with Crippen molar-refractivity contribution in [1.82, 2.24) is 0 Å². The molecule has 1 aromatic heterocycles. The number of fused-ring (bicyclic) bond motifs is 1. The number of hydrogen-bond acceptors (Lipinski definition) is 4. The predicted molar refractivity (Wildman–Crippen MR) is 93.9 cm³/mol. The van der Waals surface area contributed by atoms with Gasteiger partial charge in [-0.05, 0) is 59.8 Å². The Kier molecular flexibility index (Phi) is 4.69. The van der Waals surface area contributed by atoms with Crippen molar-refractivity contribution in [2.45, 2.75) is 32.3 Å². The smallest absolute Gasteiger partial charge is 0.265 e. The average molecular weight is 391 g/mol. The molecule has 3 rings (SSSR count). The molecule has 2 aromatic rings. The average Bonchev–Trinajstić information content (AvgIpc) is 3.09. The molecule has 0 saturated heterocycles. The van der Waals surface area contributed by atoms with Gasteiger partial charge in [0.1, 0.15) is 16.8 Å². The van der Waals surface area contributed by atoms with Crippen molar-refractivity contribution in [3.8, 4) is 11.8 Å². The van der Waals surface area contributed by atoms with Crippen LogP contribution in [0.15, 0.2) is 28.7 Å². The maximum atomic E-state index is 12.4. The van der Waals surface area contributed by atoms with E-state index in [9.17, 15) is 10.1 Å². The lowest BCUT2D eigenvalue weighted by atomic mass is 10.1. The SMILES string of the molecule is C[C@H](Oc1ccccc1Br)C(=O)Nc1sc2c(c1C#N)CCC2. The third-order valence-corrected chi connectivity index (χ3v) is 5.64. The van der Waals surface area contributed by atoms with Crippen LogP contribution in [0.5, 0.6) is 5.75 Å². The molecular formula is C17H15BrN2O2S. The zero-order chi connectivity index (χ0) is 16.4. The van der Waals surface area contributed by atoms with Gasteiger partial charge in [-0.1, -0.05) is 12.1 Å². The Morgan fingerprint density at radius 3 is 2.96 bits per heavy atom. The summed E-state index contributed by atoms with van der Waals surface area (Å²) in [5, 5.41) is 12.9. The van der Waals surface area contributed by atoms with Gasteiger partial charge in [-0.2, -0.15) is 5.26 Å². The molecule has 1 aliphatic carbocycles. The number of amides is 1. The van der Waals surface area contributed by atoms with Crippen molar-refractivity contribution in [1.29, 1.82) is 5.26 Å². The second-order valence-electron chi connectivity index (χ2n) is 5.35. The van der Waals surface area contributed by atoms with Crippen LogP contribution >= 0.6 is 27.3 Å². The molecule has 118 valence electrons. The molecule has 0 spiro atoms. The van der Waals surface area contributed by atoms with Gasteiger partial charge in [-0.3, -0.25) is 4.79 Å². The summed E-state index contributed by atoms with van der Waals surface area (Å²) in [5.74, 6) is 0.363. The highest BCUT2D eigenvalue weighted by Gasteiger charge is 2.25. The number of nitrogens with one attached hydrogen (secondary N) is 1. The predicted octanol–water partition coefficient (Wildman–Crippen LogP) is 4.28. The number of nitriles is 1. The van der Waals surface area contributed by atoms with Crippen molar-refractivity contribution in [2.75, 3.05) is 5.32 Å². The quantitative estimate of drug-likeness (QED) is 0.847. The van der Waals surface area contributed by atoms with E-state index in [-0.39, 0.29) is 5.91 Å². The minimum Gasteiger partial charge on any atom is -0.480 e. The molecule has 0 radical (unpaired) electrons. The Morgan fingerprint density at radius 2 is 2.22 bits per heavy atom. The van der Waals surface area contributed by atoms with Crippen LogP contribution in [-0.4, -0.2) is 12.0 Å². The summed E-state index contributed by atoms with van der Waals surface area (Å²) in [6.07, 6.45) is 2.35. The Labute approximate surface area is 147 Å². The largest absolute Gasteiger partial charge is 0.480 e. The first-order chi connectivity index (χ1) is 11.1. The lowest BCUT2D eigenvalue weighted by Gasteiger charge is -2.15. The number of ether oxygens (including phenoxy) is 1. The number of thiophene rings is 1. The second-order valence-corrected chi connectivity index (χ2v) is 7.31. The van der Waals surface area contributed by atoms with Crippen molar-refractivity contribution in [2.24, 2.45) is 0 Å². The van der Waals surface area contributed by atoms with Gasteiger partial charge in [0, 0.05) is 4.88 Å². The number of aryl methyl sites for hydroxylation is 1. The van der Waals surface area contributed by atoms with E-state index in [0.29, 0.717) is 16.3 Å². The summed E-state index contributed by atoms with van der Waals surface area (Å²) in [5.41, 5.74) is 1.72. The number of anilines is 1. The van der Waals surface area contributed by atoms with Crippen LogP contribution in [0.2, 0.25) is 0 Å². The highest BCUT2D eigenvalue weighted by Crippen LogP contribution is 2.38. The summed E-state index contributed by atoms with van der Waals surface area (Å²) >= 11 is 4.90. The van der Waals surface area contributed by atoms with Gasteiger partial charge in [-0.15, -0.1) is 11.3 Å². The molecule has 23 heavy (non-hydrogen) atoms. The van der Waals surface area contributed by atoms with Crippen LogP contribution in [0, 0.1) is 11.3 Å². The molecule has 0 unspecified atom stereocenters. The Hall–Kier alpha value is -1.84. The van der Waals surface area contributed by atoms with Crippen molar-refractivity contribution in [3.05, 3.63) is 44.7 Å². The number of hydrogen-bond donors (Lipinski definition) is 1. The summed E-state index contributed by atoms with van der Waals surface area (Å²) in [6.45, 7) is 1.70. The summed E-state index contributed by atoms with van der Waals surface area (Å²) < 4.78 is 6.49. The van der Waals surface area contributed by atoms with Crippen LogP contribution in [0.1, 0.15) is 29.3 Å². The van der Waals surface area contributed by atoms with Crippen LogP contribution in [0.4, 0.5) is 5.00 Å². The van der Waals surface area contributed by atoms with Gasteiger partial charge in [0.2, 0.25) is 0 Å². The van der Waals surface area contributed by atoms with Gasteiger partial charge < -0.3 is 10.1 Å². The first kappa shape index (κ1) is 16.0. The topological polar surface area (TPSA) is 62.1 Å². The molecule has 1 N–H and O–H groups in total. The van der Waals surface area contributed by atoms with Crippen molar-refractivity contribution < 1.29 is 9.53 Å². The fourth-order valence-electron chi connectivity index (χ4n) is 2.61. The van der Waals surface area contributed by atoms with Gasteiger partial charge in [0.25, 0.3) is 5.91 Å². The van der Waals surface area contributed by atoms with Crippen LogP contribution in [0.25, 0.3) is 0 Å². The number of para-hydroxylation sites is 1. The lowest BCUT2D eigenvalue weighted by Crippen LogP contribution is -2.30. The van der Waals surface area contributed by atoms with Crippen LogP contribution < -0.4 is 10.1 Å². The van der Waals surface area contributed by atoms with E-state index in [1.807, 2.05) is 18.2 Å². The molecule has 0 saturated carbocycles. The minimum absolute atomic E-state index is 0.253. The molecule has 0 bridgehead atoms. The van der Waals surface area contributed by atoms with E-state index in [1.165, 1.54) is 16.2 Å². The molecular weight excluding hydrogens is 376 g/mol. The van der Waals surface area contributed by atoms with Gasteiger partial charge >= 0.3 is 0 Å². The van der Waals surface area contributed by atoms with E-state index in [1.54, 1.807) is 13.0 Å². The molecule has 0 aliphatic heterocycles. The second kappa shape index (κ2) is 6.73. The maximum absolute atomic E-state index is 12.4. The number of benzene rings is 1. The van der Waals surface area contributed by atoms with E-state index >= 15 is 0 Å². The normalized spacial score (nSPS) is 14.0. The Bertz CT molecular complexity index is 794. The number of nitrogens with zero attached hydrogens (tertiary/aromatic N) is 1. The number of carbonyl (C=O) groups excluding carboxylic acids is 1. The third kappa shape index (κ3) is 3.26. The molecule has 1 heterocycles. The molecule has 0 fully saturated rings. The van der Waals surface area contributed by atoms with Gasteiger partial charge in [0.15, 0.2) is 6.10 Å². The fourth-order valence-corrected chi connectivity index (χ4v) is 4.23. The summed E-state index contributed by atoms with van der Waals surface area (Å²) in [6, 6.07) is 9.62. The number of halogens is 1. The number of rotatable bonds is 4. The highest BCUT2D eigenvalue weighted by atomic mass is 79.9. The zero-order valence-electron chi connectivity index (χ0n) is 12.6. The monoisotopic (exact) mass is 390 g/mol. The van der Waals surface area contributed by atoms with Crippen molar-refractivity contribution in [3.63, 3.8) is 0 Å². The fraction of sp³-hybridized carbons (Fsp3) is 0.294. The molecule has 6 heteroatoms. The summed E-state index contributed by atoms with van der Waals surface area (Å²) in [4.78, 5) is 13.6. The van der Waals surface area contributed by atoms with E-state index in [2.05, 4.69) is 27.3 Å². The standard InChI is InChI=1S/C17H15BrN2O2S/c1-10(22-14-7-3-2-6-13(14)18)16(21)20-17-12(9-19)11-5-4-8-15(11)23-17/h2-3,6-7,10H,4-5,8H2,1H3,(H,20,21)/t10-/m0/s1. The van der Waals surface area contributed by atoms with Crippen LogP contribution in [-0.2, 0) is 17.6 Å². The molecule has 1 aliphatic rings. The maximum Gasteiger partial charge on any atom is 0.265 e. The van der Waals surface area contributed by atoms with E-state index < -0.39 is 6.10 Å². The summed E-state index contributed by atoms with van der Waals surface area (Å²) in [7, 11) is 0. The molecule has 1 atom stereocenters. The lowest BCUT2D eigenvalue weighted by molar-refractivity contribution is -0.122. The highest BCUT2D eigenvalue weighted by molar-refractivity contribution is 9.10. The first-order valence-electron chi connectivity index (χ1n) is 7.37.